The van der Waals surface area contributed by atoms with Crippen molar-refractivity contribution in [2.45, 2.75) is 65.1 Å². The number of nitrogens with zero attached hydrogens (tertiary/aromatic N) is 1. The average Bonchev–Trinajstić information content (AvgIpc) is 2.76. The van der Waals surface area contributed by atoms with Crippen molar-refractivity contribution in [1.82, 2.24) is 0 Å². The lowest BCUT2D eigenvalue weighted by Gasteiger charge is -2.18. The molecule has 0 saturated carbocycles. The number of benzene rings is 2. The molecule has 0 aliphatic carbocycles. The van der Waals surface area contributed by atoms with Crippen LogP contribution in [-0.2, 0) is 17.4 Å². The van der Waals surface area contributed by atoms with Crippen LogP contribution < -0.4 is 4.57 Å². The van der Waals surface area contributed by atoms with Crippen LogP contribution in [0.15, 0.2) is 66.7 Å². The maximum atomic E-state index is 13.5. The van der Waals surface area contributed by atoms with Gasteiger partial charge in [0.2, 0.25) is 17.9 Å². The SMILES string of the molecule is CC(C)(C)c1ccc(/C=C/c2cccc(/C=C/c3ccc(C(C)(C)C)cc3)[n+]2CC(F)(F)F)cc1. The van der Waals surface area contributed by atoms with E-state index in [9.17, 15) is 13.2 Å². The van der Waals surface area contributed by atoms with E-state index in [1.165, 1.54) is 15.7 Å². The zero-order valence-electron chi connectivity index (χ0n) is 21.4. The molecule has 4 heteroatoms. The Bertz CT molecular complexity index is 1100. The molecule has 1 nitrogen and oxygen atoms in total. The maximum absolute atomic E-state index is 13.5. The highest BCUT2D eigenvalue weighted by Gasteiger charge is 2.35. The summed E-state index contributed by atoms with van der Waals surface area (Å²) >= 11 is 0. The highest BCUT2D eigenvalue weighted by Crippen LogP contribution is 2.24. The lowest BCUT2D eigenvalue weighted by molar-refractivity contribution is -0.722. The lowest BCUT2D eigenvalue weighted by atomic mass is 9.87. The van der Waals surface area contributed by atoms with E-state index in [4.69, 9.17) is 0 Å². The molecule has 1 aromatic heterocycles. The number of pyridine rings is 1. The standard InChI is InChI=1S/C31H35F3N/c1-29(2,3)25-16-10-23(11-17-25)14-20-27-8-7-9-28(35(27)22-31(32,33)34)21-15-24-12-18-26(19-13-24)30(4,5)6/h7-21H,22H2,1-6H3/q+1/b20-14+,21-15+. The van der Waals surface area contributed by atoms with E-state index in [-0.39, 0.29) is 10.8 Å². The first kappa shape index (κ1) is 26.5. The van der Waals surface area contributed by atoms with Crippen molar-refractivity contribution in [3.8, 4) is 0 Å². The first-order valence-corrected chi connectivity index (χ1v) is 11.9. The van der Waals surface area contributed by atoms with Crippen molar-refractivity contribution in [2.24, 2.45) is 0 Å². The third-order valence-corrected chi connectivity index (χ3v) is 5.94. The normalized spacial score (nSPS) is 13.2. The Morgan fingerprint density at radius 1 is 0.571 bits per heavy atom. The van der Waals surface area contributed by atoms with Gasteiger partial charge in [-0.3, -0.25) is 0 Å². The molecular weight excluding hydrogens is 443 g/mol. The minimum Gasteiger partial charge on any atom is -0.183 e. The Morgan fingerprint density at radius 3 is 1.26 bits per heavy atom. The Balaban J connectivity index is 1.92. The van der Waals surface area contributed by atoms with Crippen LogP contribution >= 0.6 is 0 Å². The molecule has 0 fully saturated rings. The second-order valence-electron chi connectivity index (χ2n) is 11.0. The molecule has 0 saturated heterocycles. The summed E-state index contributed by atoms with van der Waals surface area (Å²) in [4.78, 5) is 0. The van der Waals surface area contributed by atoms with Gasteiger partial charge in [-0.15, -0.1) is 0 Å². The van der Waals surface area contributed by atoms with Crippen molar-refractivity contribution in [1.29, 1.82) is 0 Å². The van der Waals surface area contributed by atoms with Gasteiger partial charge in [0.05, 0.1) is 0 Å². The number of alkyl halides is 3. The van der Waals surface area contributed by atoms with Gasteiger partial charge in [0.15, 0.2) is 0 Å². The van der Waals surface area contributed by atoms with Crippen molar-refractivity contribution in [3.63, 3.8) is 0 Å². The van der Waals surface area contributed by atoms with Crippen LogP contribution in [0, 0.1) is 0 Å². The summed E-state index contributed by atoms with van der Waals surface area (Å²) in [7, 11) is 0. The van der Waals surface area contributed by atoms with Gasteiger partial charge in [-0.05, 0) is 51.3 Å². The number of hydrogen-bond acceptors (Lipinski definition) is 0. The largest absolute Gasteiger partial charge is 0.448 e. The van der Waals surface area contributed by atoms with Crippen molar-refractivity contribution >= 4 is 24.3 Å². The summed E-state index contributed by atoms with van der Waals surface area (Å²) in [5.41, 5.74) is 5.39. The lowest BCUT2D eigenvalue weighted by Crippen LogP contribution is -2.46. The van der Waals surface area contributed by atoms with Crippen LogP contribution in [-0.4, -0.2) is 6.18 Å². The molecule has 0 atom stereocenters. The summed E-state index contributed by atoms with van der Waals surface area (Å²) in [5.74, 6) is 0. The predicted molar refractivity (Wildman–Crippen MR) is 141 cm³/mol. The fraction of sp³-hybridized carbons (Fsp3) is 0.323. The molecule has 3 aromatic rings. The number of hydrogen-bond donors (Lipinski definition) is 0. The van der Waals surface area contributed by atoms with Crippen LogP contribution in [0.5, 0.6) is 0 Å². The van der Waals surface area contributed by atoms with Crippen LogP contribution in [0.4, 0.5) is 13.2 Å². The summed E-state index contributed by atoms with van der Waals surface area (Å²) in [6.45, 7) is 11.8. The Kier molecular flexibility index (Phi) is 7.74. The van der Waals surface area contributed by atoms with Gasteiger partial charge in [0.25, 0.3) is 0 Å². The van der Waals surface area contributed by atoms with Crippen molar-refractivity contribution in [3.05, 3.63) is 100 Å². The monoisotopic (exact) mass is 478 g/mol. The first-order valence-electron chi connectivity index (χ1n) is 11.9. The van der Waals surface area contributed by atoms with Gasteiger partial charge in [-0.2, -0.15) is 17.7 Å². The molecule has 2 aromatic carbocycles. The second-order valence-corrected chi connectivity index (χ2v) is 11.0. The van der Waals surface area contributed by atoms with Gasteiger partial charge < -0.3 is 0 Å². The Labute approximate surface area is 207 Å². The molecule has 0 aliphatic rings. The van der Waals surface area contributed by atoms with Gasteiger partial charge in [0, 0.05) is 24.3 Å². The average molecular weight is 479 g/mol. The molecule has 0 radical (unpaired) electrons. The molecular formula is C31H35F3N+. The molecule has 0 aliphatic heterocycles. The third kappa shape index (κ3) is 7.68. The van der Waals surface area contributed by atoms with Gasteiger partial charge >= 0.3 is 6.18 Å². The first-order chi connectivity index (χ1) is 16.2. The second kappa shape index (κ2) is 10.2. The molecule has 0 unspecified atom stereocenters. The Hall–Kier alpha value is -3.14. The minimum absolute atomic E-state index is 0.0473. The van der Waals surface area contributed by atoms with Crippen LogP contribution in [0.1, 0.15) is 75.2 Å². The summed E-state index contributed by atoms with van der Waals surface area (Å²) in [6, 6.07) is 21.4. The molecule has 0 spiro atoms. The Morgan fingerprint density at radius 2 is 0.943 bits per heavy atom. The van der Waals surface area contributed by atoms with Gasteiger partial charge in [-0.1, -0.05) is 90.1 Å². The molecule has 0 N–H and O–H groups in total. The van der Waals surface area contributed by atoms with E-state index < -0.39 is 12.7 Å². The van der Waals surface area contributed by atoms with E-state index >= 15 is 0 Å². The summed E-state index contributed by atoms with van der Waals surface area (Å²) in [5, 5.41) is 0. The van der Waals surface area contributed by atoms with Gasteiger partial charge in [-0.25, -0.2) is 0 Å². The highest BCUT2D eigenvalue weighted by atomic mass is 19.4. The highest BCUT2D eigenvalue weighted by molar-refractivity contribution is 5.69. The quantitative estimate of drug-likeness (QED) is 0.324. The van der Waals surface area contributed by atoms with E-state index in [1.54, 1.807) is 30.4 Å². The topological polar surface area (TPSA) is 3.88 Å². The molecule has 184 valence electrons. The summed E-state index contributed by atoms with van der Waals surface area (Å²) in [6.07, 6.45) is 2.86. The van der Waals surface area contributed by atoms with E-state index in [0.717, 1.165) is 11.1 Å². The van der Waals surface area contributed by atoms with Gasteiger partial charge in [0.1, 0.15) is 0 Å². The third-order valence-electron chi connectivity index (χ3n) is 5.94. The zero-order valence-corrected chi connectivity index (χ0v) is 21.4. The summed E-state index contributed by atoms with van der Waals surface area (Å²) < 4.78 is 41.7. The predicted octanol–water partition coefficient (Wildman–Crippen LogP) is 8.47. The van der Waals surface area contributed by atoms with Crippen LogP contribution in [0.3, 0.4) is 0 Å². The van der Waals surface area contributed by atoms with E-state index in [0.29, 0.717) is 11.4 Å². The fourth-order valence-corrected chi connectivity index (χ4v) is 3.78. The zero-order chi connectivity index (χ0) is 25.9. The molecule has 35 heavy (non-hydrogen) atoms. The molecule has 0 amide bonds. The smallest absolute Gasteiger partial charge is 0.183 e. The minimum atomic E-state index is -4.33. The molecule has 1 heterocycles. The van der Waals surface area contributed by atoms with Crippen molar-refractivity contribution < 1.29 is 17.7 Å². The number of aromatic nitrogens is 1. The fourth-order valence-electron chi connectivity index (χ4n) is 3.78. The molecule has 0 bridgehead atoms. The molecule has 3 rings (SSSR count). The van der Waals surface area contributed by atoms with E-state index in [2.05, 4.69) is 65.8 Å². The maximum Gasteiger partial charge on any atom is 0.448 e. The number of halogens is 3. The van der Waals surface area contributed by atoms with Crippen molar-refractivity contribution in [2.75, 3.05) is 0 Å². The van der Waals surface area contributed by atoms with Crippen LogP contribution in [0.25, 0.3) is 24.3 Å². The van der Waals surface area contributed by atoms with Crippen LogP contribution in [0.2, 0.25) is 0 Å². The number of rotatable bonds is 5. The van der Waals surface area contributed by atoms with E-state index in [1.807, 2.05) is 36.4 Å².